The van der Waals surface area contributed by atoms with Gasteiger partial charge >= 0.3 is 0 Å². The zero-order valence-corrected chi connectivity index (χ0v) is 17.8. The largest absolute Gasteiger partial charge is 0.349 e. The molecule has 2 aromatic rings. The van der Waals surface area contributed by atoms with Gasteiger partial charge < -0.3 is 15.5 Å². The third kappa shape index (κ3) is 6.57. The van der Waals surface area contributed by atoms with Crippen molar-refractivity contribution in [2.75, 3.05) is 13.1 Å². The van der Waals surface area contributed by atoms with Crippen LogP contribution in [0.25, 0.3) is 0 Å². The van der Waals surface area contributed by atoms with Gasteiger partial charge in [0.15, 0.2) is 0 Å². The van der Waals surface area contributed by atoms with Crippen molar-refractivity contribution in [1.82, 2.24) is 15.5 Å². The molecular formula is C22H27N3O3S. The highest BCUT2D eigenvalue weighted by Gasteiger charge is 2.32. The molecule has 2 N–H and O–H groups in total. The quantitative estimate of drug-likeness (QED) is 0.653. The second-order valence-electron chi connectivity index (χ2n) is 7.55. The van der Waals surface area contributed by atoms with E-state index in [9.17, 15) is 14.4 Å². The van der Waals surface area contributed by atoms with Crippen molar-refractivity contribution in [1.29, 1.82) is 0 Å². The van der Waals surface area contributed by atoms with Crippen molar-refractivity contribution >= 4 is 29.1 Å². The fraction of sp³-hybridized carbons (Fsp3) is 0.318. The molecule has 0 saturated heterocycles. The lowest BCUT2D eigenvalue weighted by Gasteiger charge is -2.33. The van der Waals surface area contributed by atoms with Crippen LogP contribution < -0.4 is 10.6 Å². The molecule has 0 aliphatic heterocycles. The number of hydrogen-bond acceptors (Lipinski definition) is 4. The molecule has 0 radical (unpaired) electrons. The van der Waals surface area contributed by atoms with Crippen LogP contribution in [0.5, 0.6) is 0 Å². The smallest absolute Gasteiger partial charge is 0.261 e. The molecule has 7 heteroatoms. The van der Waals surface area contributed by atoms with E-state index in [1.807, 2.05) is 39.0 Å². The molecular weight excluding hydrogens is 386 g/mol. The van der Waals surface area contributed by atoms with E-state index < -0.39 is 11.6 Å². The summed E-state index contributed by atoms with van der Waals surface area (Å²) < 4.78 is 0. The maximum atomic E-state index is 13.1. The lowest BCUT2D eigenvalue weighted by atomic mass is 10.0. The Hall–Kier alpha value is -2.93. The molecule has 0 spiro atoms. The number of nitrogens with one attached hydrogen (secondary N) is 2. The van der Waals surface area contributed by atoms with Crippen LogP contribution in [-0.4, -0.2) is 41.2 Å². The number of rotatable bonds is 8. The van der Waals surface area contributed by atoms with E-state index in [-0.39, 0.29) is 30.8 Å². The molecule has 1 atom stereocenters. The van der Waals surface area contributed by atoms with Crippen LogP contribution in [0.15, 0.2) is 60.5 Å². The Morgan fingerprint density at radius 3 is 2.38 bits per heavy atom. The molecule has 0 unspecified atom stereocenters. The molecule has 0 aliphatic rings. The molecule has 1 aromatic heterocycles. The van der Waals surface area contributed by atoms with E-state index >= 15 is 0 Å². The first kappa shape index (κ1) is 22.4. The molecule has 0 saturated carbocycles. The molecule has 29 heavy (non-hydrogen) atoms. The summed E-state index contributed by atoms with van der Waals surface area (Å²) in [4.78, 5) is 40.2. The van der Waals surface area contributed by atoms with Gasteiger partial charge in [0.05, 0.1) is 11.4 Å². The molecule has 1 heterocycles. The Morgan fingerprint density at radius 2 is 1.83 bits per heavy atom. The van der Waals surface area contributed by atoms with Crippen LogP contribution in [0, 0.1) is 0 Å². The molecule has 154 valence electrons. The van der Waals surface area contributed by atoms with Crippen LogP contribution >= 0.6 is 11.3 Å². The minimum atomic E-state index is -0.834. The molecule has 3 amide bonds. The van der Waals surface area contributed by atoms with Gasteiger partial charge in [0.1, 0.15) is 6.04 Å². The van der Waals surface area contributed by atoms with Crippen LogP contribution in [0.4, 0.5) is 0 Å². The molecule has 1 aromatic carbocycles. The summed E-state index contributed by atoms with van der Waals surface area (Å²) in [6.45, 7) is 9.33. The highest BCUT2D eigenvalue weighted by atomic mass is 32.1. The summed E-state index contributed by atoms with van der Waals surface area (Å²) in [7, 11) is 0. The zero-order chi connectivity index (χ0) is 21.4. The number of nitrogens with zero attached hydrogens (tertiary/aromatic N) is 1. The zero-order valence-electron chi connectivity index (χ0n) is 17.0. The first-order chi connectivity index (χ1) is 13.7. The van der Waals surface area contributed by atoms with Gasteiger partial charge in [-0.3, -0.25) is 14.4 Å². The number of thiophene rings is 1. The molecule has 0 aliphatic carbocycles. The van der Waals surface area contributed by atoms with E-state index in [0.29, 0.717) is 10.4 Å². The number of hydrogen-bond donors (Lipinski definition) is 2. The first-order valence-electron chi connectivity index (χ1n) is 9.32. The van der Waals surface area contributed by atoms with Crippen molar-refractivity contribution in [3.63, 3.8) is 0 Å². The van der Waals surface area contributed by atoms with Crippen LogP contribution in [-0.2, 0) is 9.59 Å². The Morgan fingerprint density at radius 1 is 1.14 bits per heavy atom. The second kappa shape index (κ2) is 10.0. The predicted octanol–water partition coefficient (Wildman–Crippen LogP) is 3.15. The minimum absolute atomic E-state index is 0.171. The summed E-state index contributed by atoms with van der Waals surface area (Å²) >= 11 is 1.30. The van der Waals surface area contributed by atoms with Crippen molar-refractivity contribution < 1.29 is 14.4 Å². The van der Waals surface area contributed by atoms with Crippen molar-refractivity contribution in [3.05, 3.63) is 70.9 Å². The van der Waals surface area contributed by atoms with Gasteiger partial charge in [-0.25, -0.2) is 0 Å². The number of amides is 3. The Labute approximate surface area is 175 Å². The van der Waals surface area contributed by atoms with Crippen molar-refractivity contribution in [3.8, 4) is 0 Å². The van der Waals surface area contributed by atoms with Gasteiger partial charge in [0.25, 0.3) is 5.91 Å². The van der Waals surface area contributed by atoms with Crippen molar-refractivity contribution in [2.45, 2.75) is 32.4 Å². The van der Waals surface area contributed by atoms with Gasteiger partial charge in [-0.15, -0.1) is 17.9 Å². The van der Waals surface area contributed by atoms with E-state index in [2.05, 4.69) is 17.2 Å². The van der Waals surface area contributed by atoms with E-state index in [1.54, 1.807) is 35.7 Å². The summed E-state index contributed by atoms with van der Waals surface area (Å²) in [5.74, 6) is -0.974. The summed E-state index contributed by atoms with van der Waals surface area (Å²) in [6.07, 6.45) is 1.57. The maximum absolute atomic E-state index is 13.1. The lowest BCUT2D eigenvalue weighted by molar-refractivity contribution is -0.140. The topological polar surface area (TPSA) is 78.5 Å². The minimum Gasteiger partial charge on any atom is -0.349 e. The average Bonchev–Trinajstić information content (AvgIpc) is 3.20. The second-order valence-corrected chi connectivity index (χ2v) is 8.49. The number of carbonyl (C=O) groups is 3. The Kier molecular flexibility index (Phi) is 7.73. The molecule has 0 fully saturated rings. The lowest BCUT2D eigenvalue weighted by Crippen LogP contribution is -2.51. The summed E-state index contributed by atoms with van der Waals surface area (Å²) in [5.41, 5.74) is 0.231. The van der Waals surface area contributed by atoms with E-state index in [1.165, 1.54) is 16.2 Å². The average molecular weight is 414 g/mol. The van der Waals surface area contributed by atoms with Gasteiger partial charge in [-0.1, -0.05) is 42.5 Å². The standard InChI is InChI=1S/C22H27N3O3S/c1-5-13-25(18(26)15-23-20(27)17-12-9-14-29-17)19(16-10-7-6-8-11-16)21(28)24-22(2,3)4/h5-12,14,19H,1,13,15H2,2-4H3,(H,23,27)(H,24,28)/t19-/m1/s1. The summed E-state index contributed by atoms with van der Waals surface area (Å²) in [5, 5.41) is 7.37. The van der Waals surface area contributed by atoms with E-state index in [0.717, 1.165) is 0 Å². The highest BCUT2D eigenvalue weighted by molar-refractivity contribution is 7.12. The van der Waals surface area contributed by atoms with Crippen LogP contribution in [0.3, 0.4) is 0 Å². The van der Waals surface area contributed by atoms with Crippen molar-refractivity contribution in [2.24, 2.45) is 0 Å². The van der Waals surface area contributed by atoms with Crippen LogP contribution in [0.1, 0.15) is 42.0 Å². The van der Waals surface area contributed by atoms with Gasteiger partial charge in [-0.2, -0.15) is 0 Å². The SMILES string of the molecule is C=CCN(C(=O)CNC(=O)c1cccs1)[C@@H](C(=O)NC(C)(C)C)c1ccccc1. The molecule has 0 bridgehead atoms. The van der Waals surface area contributed by atoms with E-state index in [4.69, 9.17) is 0 Å². The van der Waals surface area contributed by atoms with Gasteiger partial charge in [-0.05, 0) is 37.8 Å². The molecule has 2 rings (SSSR count). The third-order valence-electron chi connectivity index (χ3n) is 3.96. The van der Waals surface area contributed by atoms with Crippen LogP contribution in [0.2, 0.25) is 0 Å². The third-order valence-corrected chi connectivity index (χ3v) is 4.83. The Bertz CT molecular complexity index is 842. The predicted molar refractivity (Wildman–Crippen MR) is 116 cm³/mol. The molecule has 6 nitrogen and oxygen atoms in total. The fourth-order valence-electron chi connectivity index (χ4n) is 2.79. The van der Waals surface area contributed by atoms with Gasteiger partial charge in [0.2, 0.25) is 11.8 Å². The Balaban J connectivity index is 2.25. The summed E-state index contributed by atoms with van der Waals surface area (Å²) in [6, 6.07) is 11.7. The number of carbonyl (C=O) groups excluding carboxylic acids is 3. The number of benzene rings is 1. The van der Waals surface area contributed by atoms with Gasteiger partial charge in [0, 0.05) is 12.1 Å². The monoisotopic (exact) mass is 413 g/mol. The normalized spacial score (nSPS) is 12.0. The first-order valence-corrected chi connectivity index (χ1v) is 10.2. The highest BCUT2D eigenvalue weighted by Crippen LogP contribution is 2.22. The fourth-order valence-corrected chi connectivity index (χ4v) is 3.43. The maximum Gasteiger partial charge on any atom is 0.261 e.